The van der Waals surface area contributed by atoms with Crippen molar-refractivity contribution in [3.8, 4) is 6.07 Å². The Morgan fingerprint density at radius 2 is 2.05 bits per heavy atom. The van der Waals surface area contributed by atoms with Gasteiger partial charge in [-0.1, -0.05) is 25.1 Å². The number of nitriles is 1. The average molecular weight is 269 g/mol. The van der Waals surface area contributed by atoms with Gasteiger partial charge in [-0.3, -0.25) is 0 Å². The molecule has 0 spiro atoms. The van der Waals surface area contributed by atoms with Crippen LogP contribution in [0.1, 0.15) is 12.5 Å². The number of nitrogens with one attached hydrogen (secondary N) is 1. The SMILES string of the molecule is CC(CNc1ncccc1C#N)Sc1ccccc1. The van der Waals surface area contributed by atoms with E-state index in [0.29, 0.717) is 16.6 Å². The minimum absolute atomic E-state index is 0.399. The first-order valence-corrected chi connectivity index (χ1v) is 6.98. The standard InChI is InChI=1S/C15H15N3S/c1-12(19-14-7-3-2-4-8-14)11-18-15-13(10-16)6-5-9-17-15/h2-9,12H,11H2,1H3,(H,17,18). The van der Waals surface area contributed by atoms with Crippen LogP contribution in [0.15, 0.2) is 53.6 Å². The molecule has 2 rings (SSSR count). The average Bonchev–Trinajstić information content (AvgIpc) is 2.46. The van der Waals surface area contributed by atoms with Gasteiger partial charge in [0.1, 0.15) is 11.9 Å². The molecule has 19 heavy (non-hydrogen) atoms. The third-order valence-electron chi connectivity index (χ3n) is 2.57. The first-order chi connectivity index (χ1) is 9.29. The predicted molar refractivity (Wildman–Crippen MR) is 79.2 cm³/mol. The predicted octanol–water partition coefficient (Wildman–Crippen LogP) is 3.55. The van der Waals surface area contributed by atoms with E-state index in [9.17, 15) is 0 Å². The molecule has 0 bridgehead atoms. The van der Waals surface area contributed by atoms with Gasteiger partial charge in [-0.05, 0) is 24.3 Å². The lowest BCUT2D eigenvalue weighted by molar-refractivity contribution is 0.986. The van der Waals surface area contributed by atoms with Gasteiger partial charge < -0.3 is 5.32 Å². The number of aromatic nitrogens is 1. The number of nitrogens with zero attached hydrogens (tertiary/aromatic N) is 2. The Balaban J connectivity index is 1.90. The molecule has 3 nitrogen and oxygen atoms in total. The minimum atomic E-state index is 0.399. The number of thioether (sulfide) groups is 1. The molecule has 0 fully saturated rings. The molecule has 0 saturated carbocycles. The highest BCUT2D eigenvalue weighted by atomic mass is 32.2. The third kappa shape index (κ3) is 4.01. The van der Waals surface area contributed by atoms with Crippen LogP contribution in [0.3, 0.4) is 0 Å². The lowest BCUT2D eigenvalue weighted by Gasteiger charge is -2.13. The van der Waals surface area contributed by atoms with Gasteiger partial charge in [-0.2, -0.15) is 5.26 Å². The normalized spacial score (nSPS) is 11.6. The molecule has 0 saturated heterocycles. The highest BCUT2D eigenvalue weighted by Gasteiger charge is 2.06. The molecule has 4 heteroatoms. The molecule has 1 heterocycles. The molecule has 0 radical (unpaired) electrons. The van der Waals surface area contributed by atoms with Crippen LogP contribution in [0.4, 0.5) is 5.82 Å². The van der Waals surface area contributed by atoms with Crippen molar-refractivity contribution in [1.82, 2.24) is 4.98 Å². The maximum absolute atomic E-state index is 8.98. The van der Waals surface area contributed by atoms with Crippen molar-refractivity contribution in [2.45, 2.75) is 17.1 Å². The Bertz CT molecular complexity index is 563. The van der Waals surface area contributed by atoms with Crippen LogP contribution in [0.2, 0.25) is 0 Å². The van der Waals surface area contributed by atoms with Gasteiger partial charge in [0, 0.05) is 22.9 Å². The van der Waals surface area contributed by atoms with E-state index in [1.807, 2.05) is 18.2 Å². The minimum Gasteiger partial charge on any atom is -0.368 e. The summed E-state index contributed by atoms with van der Waals surface area (Å²) in [4.78, 5) is 5.43. The quantitative estimate of drug-likeness (QED) is 0.843. The van der Waals surface area contributed by atoms with E-state index in [1.54, 1.807) is 30.1 Å². The number of hydrogen-bond donors (Lipinski definition) is 1. The van der Waals surface area contributed by atoms with E-state index >= 15 is 0 Å². The molecular weight excluding hydrogens is 254 g/mol. The second kappa shape index (κ2) is 6.81. The van der Waals surface area contributed by atoms with Crippen molar-refractivity contribution in [2.75, 3.05) is 11.9 Å². The Hall–Kier alpha value is -1.99. The zero-order valence-electron chi connectivity index (χ0n) is 10.7. The monoisotopic (exact) mass is 269 g/mol. The summed E-state index contributed by atoms with van der Waals surface area (Å²) >= 11 is 1.80. The number of anilines is 1. The van der Waals surface area contributed by atoms with E-state index in [1.165, 1.54) is 4.90 Å². The van der Waals surface area contributed by atoms with Crippen LogP contribution in [0.5, 0.6) is 0 Å². The van der Waals surface area contributed by atoms with Gasteiger partial charge >= 0.3 is 0 Å². The van der Waals surface area contributed by atoms with Crippen LogP contribution in [-0.2, 0) is 0 Å². The lowest BCUT2D eigenvalue weighted by atomic mass is 10.3. The van der Waals surface area contributed by atoms with Gasteiger partial charge in [0.2, 0.25) is 0 Å². The number of benzene rings is 1. The second-order valence-corrected chi connectivity index (χ2v) is 5.65. The molecule has 0 aliphatic carbocycles. The van der Waals surface area contributed by atoms with E-state index in [0.717, 1.165) is 6.54 Å². The lowest BCUT2D eigenvalue weighted by Crippen LogP contribution is -2.14. The summed E-state index contributed by atoms with van der Waals surface area (Å²) in [5, 5.41) is 12.6. The van der Waals surface area contributed by atoms with Gasteiger partial charge in [0.05, 0.1) is 5.56 Å². The third-order valence-corrected chi connectivity index (χ3v) is 3.68. The summed E-state index contributed by atoms with van der Waals surface area (Å²) in [7, 11) is 0. The largest absolute Gasteiger partial charge is 0.368 e. The van der Waals surface area contributed by atoms with Crippen molar-refractivity contribution in [2.24, 2.45) is 0 Å². The molecular formula is C15H15N3S. The van der Waals surface area contributed by atoms with Gasteiger partial charge in [-0.25, -0.2) is 4.98 Å². The van der Waals surface area contributed by atoms with Crippen LogP contribution < -0.4 is 5.32 Å². The van der Waals surface area contributed by atoms with E-state index < -0.39 is 0 Å². The molecule has 1 N–H and O–H groups in total. The summed E-state index contributed by atoms with van der Waals surface area (Å²) < 4.78 is 0. The maximum Gasteiger partial charge on any atom is 0.143 e. The van der Waals surface area contributed by atoms with Gasteiger partial charge in [0.15, 0.2) is 0 Å². The van der Waals surface area contributed by atoms with Gasteiger partial charge in [0.25, 0.3) is 0 Å². The van der Waals surface area contributed by atoms with Crippen LogP contribution in [0.25, 0.3) is 0 Å². The Morgan fingerprint density at radius 1 is 1.26 bits per heavy atom. The smallest absolute Gasteiger partial charge is 0.143 e. The summed E-state index contributed by atoms with van der Waals surface area (Å²) in [5.41, 5.74) is 0.583. The van der Waals surface area contributed by atoms with Crippen molar-refractivity contribution >= 4 is 17.6 Å². The van der Waals surface area contributed by atoms with Gasteiger partial charge in [-0.15, -0.1) is 11.8 Å². The molecule has 0 aliphatic rings. The summed E-state index contributed by atoms with van der Waals surface area (Å²) in [6, 6.07) is 16.0. The van der Waals surface area contributed by atoms with E-state index in [2.05, 4.69) is 35.4 Å². The Labute approximate surface area is 117 Å². The zero-order valence-corrected chi connectivity index (χ0v) is 11.5. The molecule has 0 amide bonds. The number of rotatable bonds is 5. The summed E-state index contributed by atoms with van der Waals surface area (Å²) in [5.74, 6) is 0.658. The molecule has 1 aromatic heterocycles. The maximum atomic E-state index is 8.98. The summed E-state index contributed by atoms with van der Waals surface area (Å²) in [6.07, 6.45) is 1.69. The van der Waals surface area contributed by atoms with Crippen molar-refractivity contribution in [1.29, 1.82) is 5.26 Å². The topological polar surface area (TPSA) is 48.7 Å². The van der Waals surface area contributed by atoms with Crippen LogP contribution in [-0.4, -0.2) is 16.8 Å². The van der Waals surface area contributed by atoms with Crippen LogP contribution in [0, 0.1) is 11.3 Å². The molecule has 1 aromatic carbocycles. The second-order valence-electron chi connectivity index (χ2n) is 4.13. The Kier molecular flexibility index (Phi) is 4.82. The van der Waals surface area contributed by atoms with Crippen molar-refractivity contribution < 1.29 is 0 Å². The first-order valence-electron chi connectivity index (χ1n) is 6.10. The van der Waals surface area contributed by atoms with Crippen molar-refractivity contribution in [3.63, 3.8) is 0 Å². The van der Waals surface area contributed by atoms with Crippen LogP contribution >= 0.6 is 11.8 Å². The molecule has 96 valence electrons. The van der Waals surface area contributed by atoms with E-state index in [4.69, 9.17) is 5.26 Å². The first kappa shape index (κ1) is 13.4. The molecule has 0 aliphatic heterocycles. The number of hydrogen-bond acceptors (Lipinski definition) is 4. The fourth-order valence-corrected chi connectivity index (χ4v) is 2.60. The highest BCUT2D eigenvalue weighted by Crippen LogP contribution is 2.23. The number of pyridine rings is 1. The van der Waals surface area contributed by atoms with Crippen molar-refractivity contribution in [3.05, 3.63) is 54.2 Å². The summed E-state index contributed by atoms with van der Waals surface area (Å²) in [6.45, 7) is 2.92. The fourth-order valence-electron chi connectivity index (χ4n) is 1.65. The molecule has 2 aromatic rings. The zero-order chi connectivity index (χ0) is 13.5. The fraction of sp³-hybridized carbons (Fsp3) is 0.200. The highest BCUT2D eigenvalue weighted by molar-refractivity contribution is 8.00. The molecule has 1 unspecified atom stereocenters. The molecule has 1 atom stereocenters. The van der Waals surface area contributed by atoms with E-state index in [-0.39, 0.29) is 0 Å². The Morgan fingerprint density at radius 3 is 2.79 bits per heavy atom.